The second kappa shape index (κ2) is 5.53. The van der Waals surface area contributed by atoms with Crippen molar-refractivity contribution >= 4 is 10.9 Å². The van der Waals surface area contributed by atoms with Crippen LogP contribution in [0.25, 0.3) is 10.9 Å². The zero-order valence-electron chi connectivity index (χ0n) is 11.6. The predicted molar refractivity (Wildman–Crippen MR) is 76.5 cm³/mol. The molecule has 0 aliphatic heterocycles. The summed E-state index contributed by atoms with van der Waals surface area (Å²) < 4.78 is 1.94. The first-order valence-corrected chi connectivity index (χ1v) is 6.74. The van der Waals surface area contributed by atoms with E-state index < -0.39 is 0 Å². The van der Waals surface area contributed by atoms with E-state index in [0.29, 0.717) is 0 Å². The van der Waals surface area contributed by atoms with Gasteiger partial charge < -0.3 is 5.73 Å². The largest absolute Gasteiger partial charge is 0.327 e. The monoisotopic (exact) mass is 245 g/mol. The minimum Gasteiger partial charge on any atom is -0.327 e. The molecule has 0 aliphatic rings. The lowest BCUT2D eigenvalue weighted by Crippen LogP contribution is -2.23. The Hall–Kier alpha value is -1.35. The summed E-state index contributed by atoms with van der Waals surface area (Å²) in [5.41, 5.74) is 8.52. The van der Waals surface area contributed by atoms with Gasteiger partial charge in [-0.1, -0.05) is 32.0 Å². The lowest BCUT2D eigenvalue weighted by atomic mass is 10.00. The Morgan fingerprint density at radius 2 is 1.94 bits per heavy atom. The van der Waals surface area contributed by atoms with Gasteiger partial charge in [0, 0.05) is 24.9 Å². The number of nitrogens with zero attached hydrogens (tertiary/aromatic N) is 2. The van der Waals surface area contributed by atoms with Crippen molar-refractivity contribution in [1.82, 2.24) is 9.78 Å². The minimum atomic E-state index is 0.214. The zero-order chi connectivity index (χ0) is 13.1. The van der Waals surface area contributed by atoms with Crippen LogP contribution in [0.4, 0.5) is 0 Å². The van der Waals surface area contributed by atoms with Gasteiger partial charge in [0.2, 0.25) is 0 Å². The maximum absolute atomic E-state index is 6.21. The fraction of sp³-hybridized carbons (Fsp3) is 0.533. The van der Waals surface area contributed by atoms with Crippen LogP contribution in [0.1, 0.15) is 32.4 Å². The van der Waals surface area contributed by atoms with E-state index in [1.807, 2.05) is 17.8 Å². The Bertz CT molecular complexity index is 513. The van der Waals surface area contributed by atoms with Gasteiger partial charge in [0.05, 0.1) is 11.2 Å². The molecule has 0 spiro atoms. The molecule has 2 N–H and O–H groups in total. The topological polar surface area (TPSA) is 43.8 Å². The number of hydrogen-bond acceptors (Lipinski definition) is 2. The van der Waals surface area contributed by atoms with E-state index in [1.54, 1.807) is 0 Å². The van der Waals surface area contributed by atoms with Crippen molar-refractivity contribution in [1.29, 1.82) is 0 Å². The van der Waals surface area contributed by atoms with E-state index >= 15 is 0 Å². The van der Waals surface area contributed by atoms with Crippen LogP contribution < -0.4 is 5.73 Å². The Kier molecular flexibility index (Phi) is 4.02. The van der Waals surface area contributed by atoms with Gasteiger partial charge in [-0.3, -0.25) is 4.68 Å². The highest BCUT2D eigenvalue weighted by molar-refractivity contribution is 5.81. The molecule has 3 heteroatoms. The molecule has 3 nitrogen and oxygen atoms in total. The Morgan fingerprint density at radius 1 is 1.22 bits per heavy atom. The van der Waals surface area contributed by atoms with Gasteiger partial charge in [-0.15, -0.1) is 0 Å². The molecule has 0 saturated carbocycles. The van der Waals surface area contributed by atoms with Crippen molar-refractivity contribution in [2.75, 3.05) is 0 Å². The van der Waals surface area contributed by atoms with Gasteiger partial charge in [0.25, 0.3) is 0 Å². The quantitative estimate of drug-likeness (QED) is 0.880. The van der Waals surface area contributed by atoms with Crippen LogP contribution >= 0.6 is 0 Å². The van der Waals surface area contributed by atoms with E-state index in [9.17, 15) is 0 Å². The van der Waals surface area contributed by atoms with Crippen LogP contribution in [0.3, 0.4) is 0 Å². The molecule has 98 valence electrons. The third-order valence-corrected chi connectivity index (χ3v) is 3.40. The van der Waals surface area contributed by atoms with Gasteiger partial charge >= 0.3 is 0 Å². The zero-order valence-corrected chi connectivity index (χ0v) is 11.6. The SMILES string of the molecule is CC(C)CCC(N)Cc1nn(C)c2ccccc12. The number of aryl methyl sites for hydroxylation is 1. The summed E-state index contributed by atoms with van der Waals surface area (Å²) in [6, 6.07) is 8.56. The Labute approximate surface area is 109 Å². The van der Waals surface area contributed by atoms with Crippen molar-refractivity contribution in [3.63, 3.8) is 0 Å². The summed E-state index contributed by atoms with van der Waals surface area (Å²) >= 11 is 0. The molecule has 18 heavy (non-hydrogen) atoms. The van der Waals surface area contributed by atoms with Crippen molar-refractivity contribution in [3.05, 3.63) is 30.0 Å². The van der Waals surface area contributed by atoms with Crippen molar-refractivity contribution in [2.45, 2.75) is 39.2 Å². The van der Waals surface area contributed by atoms with Crippen LogP contribution in [0.2, 0.25) is 0 Å². The molecule has 0 aliphatic carbocycles. The van der Waals surface area contributed by atoms with E-state index in [4.69, 9.17) is 5.73 Å². The first kappa shape index (κ1) is 13.1. The van der Waals surface area contributed by atoms with E-state index in [2.05, 4.69) is 37.1 Å². The fourth-order valence-electron chi connectivity index (χ4n) is 2.34. The second-order valence-electron chi connectivity index (χ2n) is 5.52. The highest BCUT2D eigenvalue weighted by Crippen LogP contribution is 2.19. The number of nitrogens with two attached hydrogens (primary N) is 1. The number of benzene rings is 1. The summed E-state index contributed by atoms with van der Waals surface area (Å²) in [4.78, 5) is 0. The molecule has 1 aromatic carbocycles. The summed E-state index contributed by atoms with van der Waals surface area (Å²) in [7, 11) is 1.99. The first-order valence-electron chi connectivity index (χ1n) is 6.74. The van der Waals surface area contributed by atoms with Gasteiger partial charge in [-0.2, -0.15) is 5.10 Å². The fourth-order valence-corrected chi connectivity index (χ4v) is 2.34. The molecule has 0 bridgehead atoms. The molecule has 1 aromatic heterocycles. The minimum absolute atomic E-state index is 0.214. The molecule has 2 aromatic rings. The van der Waals surface area contributed by atoms with Gasteiger partial charge in [0.15, 0.2) is 0 Å². The highest BCUT2D eigenvalue weighted by Gasteiger charge is 2.12. The number of rotatable bonds is 5. The molecule has 1 unspecified atom stereocenters. The van der Waals surface area contributed by atoms with Crippen molar-refractivity contribution in [3.8, 4) is 0 Å². The molecular weight excluding hydrogens is 222 g/mol. The molecule has 1 atom stereocenters. The van der Waals surface area contributed by atoms with Gasteiger partial charge in [-0.05, 0) is 24.8 Å². The summed E-state index contributed by atoms with van der Waals surface area (Å²) in [6.45, 7) is 4.48. The highest BCUT2D eigenvalue weighted by atomic mass is 15.3. The van der Waals surface area contributed by atoms with E-state index in [-0.39, 0.29) is 6.04 Å². The molecule has 0 saturated heterocycles. The summed E-state index contributed by atoms with van der Waals surface area (Å²) in [5.74, 6) is 0.719. The summed E-state index contributed by atoms with van der Waals surface area (Å²) in [6.07, 6.45) is 3.13. The van der Waals surface area contributed by atoms with Crippen molar-refractivity contribution < 1.29 is 0 Å². The van der Waals surface area contributed by atoms with Crippen LogP contribution in [0.15, 0.2) is 24.3 Å². The molecule has 1 heterocycles. The van der Waals surface area contributed by atoms with Crippen LogP contribution in [0, 0.1) is 5.92 Å². The maximum atomic E-state index is 6.21. The van der Waals surface area contributed by atoms with Crippen LogP contribution in [-0.4, -0.2) is 15.8 Å². The number of aromatic nitrogens is 2. The lowest BCUT2D eigenvalue weighted by molar-refractivity contribution is 0.491. The second-order valence-corrected chi connectivity index (χ2v) is 5.52. The Morgan fingerprint density at radius 3 is 2.67 bits per heavy atom. The summed E-state index contributed by atoms with van der Waals surface area (Å²) in [5, 5.41) is 5.83. The van der Waals surface area contributed by atoms with E-state index in [0.717, 1.165) is 24.5 Å². The Balaban J connectivity index is 2.12. The molecule has 0 radical (unpaired) electrons. The van der Waals surface area contributed by atoms with Crippen molar-refractivity contribution in [2.24, 2.45) is 18.7 Å². The average Bonchev–Trinajstić information content (AvgIpc) is 2.65. The maximum Gasteiger partial charge on any atom is 0.0718 e. The molecule has 2 rings (SSSR count). The standard InChI is InChI=1S/C15H23N3/c1-11(2)8-9-12(16)10-14-13-6-4-5-7-15(13)18(3)17-14/h4-7,11-12H,8-10,16H2,1-3H3. The number of fused-ring (bicyclic) bond motifs is 1. The lowest BCUT2D eigenvalue weighted by Gasteiger charge is -2.11. The van der Waals surface area contributed by atoms with Crippen LogP contribution in [0.5, 0.6) is 0 Å². The third kappa shape index (κ3) is 2.91. The molecule has 0 fully saturated rings. The van der Waals surface area contributed by atoms with Gasteiger partial charge in [0.1, 0.15) is 0 Å². The number of hydrogen-bond donors (Lipinski definition) is 1. The molecule has 0 amide bonds. The smallest absolute Gasteiger partial charge is 0.0718 e. The van der Waals surface area contributed by atoms with Crippen LogP contribution in [-0.2, 0) is 13.5 Å². The number of para-hydroxylation sites is 1. The normalized spacial score (nSPS) is 13.4. The first-order chi connectivity index (χ1) is 8.58. The third-order valence-electron chi connectivity index (χ3n) is 3.40. The predicted octanol–water partition coefficient (Wildman–Crippen LogP) is 2.88. The van der Waals surface area contributed by atoms with Gasteiger partial charge in [-0.25, -0.2) is 0 Å². The average molecular weight is 245 g/mol. The van der Waals surface area contributed by atoms with E-state index in [1.165, 1.54) is 17.3 Å². The molecular formula is C15H23N3.